The Bertz CT molecular complexity index is 1320. The van der Waals surface area contributed by atoms with E-state index in [1.165, 1.54) is 0 Å². The third-order valence-corrected chi connectivity index (χ3v) is 4.66. The van der Waals surface area contributed by atoms with Crippen LogP contribution in [0.15, 0.2) is 61.3 Å². The average molecular weight is 398 g/mol. The molecule has 9 heteroatoms. The van der Waals surface area contributed by atoms with Crippen molar-refractivity contribution >= 4 is 28.8 Å². The van der Waals surface area contributed by atoms with E-state index in [0.29, 0.717) is 23.8 Å². The van der Waals surface area contributed by atoms with Gasteiger partial charge in [-0.15, -0.1) is 0 Å². The topological polar surface area (TPSA) is 113 Å². The second-order valence-electron chi connectivity index (χ2n) is 6.68. The first-order valence-corrected chi connectivity index (χ1v) is 9.50. The number of H-pyrrole nitrogens is 1. The van der Waals surface area contributed by atoms with Gasteiger partial charge in [-0.25, -0.2) is 19.7 Å². The number of hydrogen-bond donors (Lipinski definition) is 3. The minimum absolute atomic E-state index is 0.317. The van der Waals surface area contributed by atoms with Gasteiger partial charge in [0.25, 0.3) is 0 Å². The Morgan fingerprint density at radius 3 is 2.90 bits per heavy atom. The Balaban J connectivity index is 1.69. The minimum atomic E-state index is -0.317. The van der Waals surface area contributed by atoms with Crippen molar-refractivity contribution in [3.05, 3.63) is 61.3 Å². The van der Waals surface area contributed by atoms with E-state index in [-0.39, 0.29) is 6.03 Å². The van der Waals surface area contributed by atoms with E-state index in [1.807, 2.05) is 54.0 Å². The second kappa shape index (κ2) is 7.28. The normalized spacial score (nSPS) is 11.1. The number of hydrogen-bond acceptors (Lipinski definition) is 5. The third kappa shape index (κ3) is 3.22. The van der Waals surface area contributed by atoms with Gasteiger partial charge in [0.05, 0.1) is 11.2 Å². The molecule has 0 atom stereocenters. The highest BCUT2D eigenvalue weighted by molar-refractivity contribution is 5.98. The molecule has 0 radical (unpaired) electrons. The fourth-order valence-electron chi connectivity index (χ4n) is 3.34. The molecule has 5 aromatic rings. The summed E-state index contributed by atoms with van der Waals surface area (Å²) in [5.41, 5.74) is 4.98. The number of urea groups is 1. The molecule has 0 saturated heterocycles. The minimum Gasteiger partial charge on any atom is -0.338 e. The van der Waals surface area contributed by atoms with Crippen molar-refractivity contribution in [3.8, 4) is 22.4 Å². The Hall–Kier alpha value is -4.27. The fraction of sp³-hybridized carbons (Fsp3) is 0.0952. The highest BCUT2D eigenvalue weighted by Gasteiger charge is 2.16. The first-order chi connectivity index (χ1) is 14.7. The van der Waals surface area contributed by atoms with Crippen LogP contribution in [0.3, 0.4) is 0 Å². The van der Waals surface area contributed by atoms with Crippen LogP contribution in [0.25, 0.3) is 39.2 Å². The van der Waals surface area contributed by atoms with Crippen LogP contribution >= 0.6 is 0 Å². The average Bonchev–Trinajstić information content (AvgIpc) is 3.37. The Morgan fingerprint density at radius 1 is 1.17 bits per heavy atom. The van der Waals surface area contributed by atoms with E-state index in [2.05, 4.69) is 35.6 Å². The number of nitrogens with zero attached hydrogens (tertiary/aromatic N) is 5. The first-order valence-electron chi connectivity index (χ1n) is 9.50. The maximum atomic E-state index is 11.9. The summed E-state index contributed by atoms with van der Waals surface area (Å²) in [5, 5.41) is 5.43. The van der Waals surface area contributed by atoms with Gasteiger partial charge >= 0.3 is 6.03 Å². The number of anilines is 1. The molecular formula is C21H18N8O. The van der Waals surface area contributed by atoms with Crippen LogP contribution in [0.4, 0.5) is 10.7 Å². The quantitative estimate of drug-likeness (QED) is 0.429. The predicted molar refractivity (Wildman–Crippen MR) is 114 cm³/mol. The molecule has 0 spiro atoms. The summed E-state index contributed by atoms with van der Waals surface area (Å²) in [7, 11) is 0. The lowest BCUT2D eigenvalue weighted by Gasteiger charge is -2.05. The van der Waals surface area contributed by atoms with Crippen molar-refractivity contribution < 1.29 is 4.79 Å². The zero-order chi connectivity index (χ0) is 20.5. The van der Waals surface area contributed by atoms with Gasteiger partial charge in [0.1, 0.15) is 5.52 Å². The van der Waals surface area contributed by atoms with Gasteiger partial charge in [-0.05, 0) is 36.8 Å². The summed E-state index contributed by atoms with van der Waals surface area (Å²) >= 11 is 0. The molecule has 0 aliphatic rings. The van der Waals surface area contributed by atoms with Crippen LogP contribution in [0.1, 0.15) is 6.92 Å². The molecule has 1 aromatic carbocycles. The number of aromatic amines is 1. The molecule has 0 unspecified atom stereocenters. The zero-order valence-electron chi connectivity index (χ0n) is 16.1. The van der Waals surface area contributed by atoms with Crippen LogP contribution in [0.2, 0.25) is 0 Å². The highest BCUT2D eigenvalue weighted by Crippen LogP contribution is 2.33. The van der Waals surface area contributed by atoms with Gasteiger partial charge in [0.2, 0.25) is 11.7 Å². The number of aromatic nitrogens is 6. The van der Waals surface area contributed by atoms with Crippen LogP contribution < -0.4 is 10.6 Å². The molecule has 2 amide bonds. The maximum absolute atomic E-state index is 11.9. The summed E-state index contributed by atoms with van der Waals surface area (Å²) in [4.78, 5) is 32.9. The van der Waals surface area contributed by atoms with Crippen LogP contribution in [-0.4, -0.2) is 41.9 Å². The molecule has 4 aromatic heterocycles. The van der Waals surface area contributed by atoms with Gasteiger partial charge in [-0.3, -0.25) is 14.7 Å². The van der Waals surface area contributed by atoms with E-state index in [1.54, 1.807) is 18.6 Å². The number of carbonyl (C=O) groups excluding carboxylic acids is 1. The second-order valence-corrected chi connectivity index (χ2v) is 6.68. The third-order valence-electron chi connectivity index (χ3n) is 4.66. The van der Waals surface area contributed by atoms with Gasteiger partial charge in [0, 0.05) is 48.7 Å². The van der Waals surface area contributed by atoms with E-state index < -0.39 is 0 Å². The lowest BCUT2D eigenvalue weighted by atomic mass is 10.0. The highest BCUT2D eigenvalue weighted by atomic mass is 16.2. The number of pyridine rings is 1. The number of carbonyl (C=O) groups is 1. The van der Waals surface area contributed by atoms with Gasteiger partial charge < -0.3 is 10.3 Å². The lowest BCUT2D eigenvalue weighted by Crippen LogP contribution is -2.28. The van der Waals surface area contributed by atoms with E-state index in [9.17, 15) is 4.79 Å². The first kappa shape index (κ1) is 17.8. The number of amides is 2. The molecule has 148 valence electrons. The maximum Gasteiger partial charge on any atom is 0.321 e. The molecule has 0 fully saturated rings. The summed E-state index contributed by atoms with van der Waals surface area (Å²) in [5.74, 6) is 0.964. The Morgan fingerprint density at radius 2 is 2.10 bits per heavy atom. The molecule has 3 N–H and O–H groups in total. The van der Waals surface area contributed by atoms with Crippen LogP contribution in [-0.2, 0) is 0 Å². The SMILES string of the molecule is CCNC(=O)Nc1nc2c(-c3cn4cccnc4n3)cc(-c3cccnc3)cc2[nH]1. The fourth-order valence-corrected chi connectivity index (χ4v) is 3.34. The van der Waals surface area contributed by atoms with Crippen molar-refractivity contribution in [2.75, 3.05) is 11.9 Å². The summed E-state index contributed by atoms with van der Waals surface area (Å²) in [6.07, 6.45) is 9.06. The Kier molecular flexibility index (Phi) is 4.32. The molecule has 30 heavy (non-hydrogen) atoms. The van der Waals surface area contributed by atoms with Gasteiger partial charge in [-0.2, -0.15) is 0 Å². The molecule has 0 aliphatic carbocycles. The van der Waals surface area contributed by atoms with Gasteiger partial charge in [0.15, 0.2) is 0 Å². The van der Waals surface area contributed by atoms with Crippen molar-refractivity contribution in [1.29, 1.82) is 0 Å². The summed E-state index contributed by atoms with van der Waals surface area (Å²) in [6.45, 7) is 2.38. The molecule has 0 aliphatic heterocycles. The zero-order valence-corrected chi connectivity index (χ0v) is 16.1. The van der Waals surface area contributed by atoms with Crippen LogP contribution in [0, 0.1) is 0 Å². The monoisotopic (exact) mass is 398 g/mol. The molecule has 9 nitrogen and oxygen atoms in total. The summed E-state index contributed by atoms with van der Waals surface area (Å²) < 4.78 is 1.86. The number of nitrogens with one attached hydrogen (secondary N) is 3. The molecule has 5 rings (SSSR count). The lowest BCUT2D eigenvalue weighted by molar-refractivity contribution is 0.252. The molecule has 0 bridgehead atoms. The smallest absolute Gasteiger partial charge is 0.321 e. The van der Waals surface area contributed by atoms with Crippen molar-refractivity contribution in [3.63, 3.8) is 0 Å². The van der Waals surface area contributed by atoms with E-state index in [4.69, 9.17) is 0 Å². The van der Waals surface area contributed by atoms with Crippen molar-refractivity contribution in [2.45, 2.75) is 6.92 Å². The van der Waals surface area contributed by atoms with Crippen LogP contribution in [0.5, 0.6) is 0 Å². The Labute approximate surface area is 171 Å². The number of benzene rings is 1. The molecule has 4 heterocycles. The van der Waals surface area contributed by atoms with Crippen molar-refractivity contribution in [1.82, 2.24) is 34.6 Å². The van der Waals surface area contributed by atoms with Gasteiger partial charge in [-0.1, -0.05) is 6.07 Å². The largest absolute Gasteiger partial charge is 0.338 e. The number of imidazole rings is 2. The number of rotatable bonds is 4. The van der Waals surface area contributed by atoms with E-state index >= 15 is 0 Å². The molecular weight excluding hydrogens is 380 g/mol. The van der Waals surface area contributed by atoms with E-state index in [0.717, 1.165) is 27.9 Å². The number of fused-ring (bicyclic) bond motifs is 2. The molecule has 0 saturated carbocycles. The predicted octanol–water partition coefficient (Wildman–Crippen LogP) is 3.48. The summed E-state index contributed by atoms with van der Waals surface area (Å²) in [6, 6.07) is 9.43. The standard InChI is InChI=1S/C21H18N8O/c1-2-23-21(30)28-19-25-16-10-14(13-5-3-6-22-11-13)9-15(18(16)27-19)17-12-29-8-4-7-24-20(29)26-17/h3-12H,2H2,1H3,(H3,23,25,27,28,30). The van der Waals surface area contributed by atoms with Crippen molar-refractivity contribution in [2.24, 2.45) is 0 Å².